The molecule has 1 unspecified atom stereocenters. The van der Waals surface area contributed by atoms with Crippen LogP contribution in [0, 0.1) is 5.92 Å². The molecule has 0 saturated carbocycles. The second kappa shape index (κ2) is 7.65. The zero-order chi connectivity index (χ0) is 15.2. The summed E-state index contributed by atoms with van der Waals surface area (Å²) in [6, 6.07) is 7.91. The van der Waals surface area contributed by atoms with Gasteiger partial charge in [-0.2, -0.15) is 0 Å². The summed E-state index contributed by atoms with van der Waals surface area (Å²) in [7, 11) is 0. The fraction of sp³-hybridized carbons (Fsp3) is 0.562. The van der Waals surface area contributed by atoms with Crippen LogP contribution < -0.4 is 11.1 Å². The maximum Gasteiger partial charge on any atom is 0.224 e. The van der Waals surface area contributed by atoms with Crippen molar-refractivity contribution in [2.45, 2.75) is 39.0 Å². The minimum atomic E-state index is -0.147. The summed E-state index contributed by atoms with van der Waals surface area (Å²) in [5.41, 5.74) is 6.70. The van der Waals surface area contributed by atoms with Crippen molar-refractivity contribution < 1.29 is 4.79 Å². The van der Waals surface area contributed by atoms with Crippen molar-refractivity contribution in [1.82, 2.24) is 5.32 Å². The molecule has 0 aliphatic carbocycles. The van der Waals surface area contributed by atoms with Gasteiger partial charge in [0.2, 0.25) is 5.91 Å². The molecule has 0 aromatic heterocycles. The van der Waals surface area contributed by atoms with Gasteiger partial charge in [-0.3, -0.25) is 4.79 Å². The second-order valence-electron chi connectivity index (χ2n) is 5.35. The summed E-state index contributed by atoms with van der Waals surface area (Å²) in [6.07, 6.45) is 1.92. The highest BCUT2D eigenvalue weighted by Gasteiger charge is 2.29. The summed E-state index contributed by atoms with van der Waals surface area (Å²) in [6.45, 7) is 7.15. The largest absolute Gasteiger partial charge is 0.355 e. The Morgan fingerprint density at radius 1 is 1.30 bits per heavy atom. The minimum Gasteiger partial charge on any atom is -0.355 e. The van der Waals surface area contributed by atoms with Crippen LogP contribution in [-0.4, -0.2) is 19.0 Å². The molecule has 20 heavy (non-hydrogen) atoms. The van der Waals surface area contributed by atoms with Crippen LogP contribution in [0.4, 0.5) is 0 Å². The number of carbonyl (C=O) groups is 1. The molecule has 3 N–H and O–H groups in total. The molecule has 0 radical (unpaired) electrons. The molecule has 1 rings (SSSR count). The molecule has 0 heterocycles. The molecule has 1 atom stereocenters. The van der Waals surface area contributed by atoms with E-state index in [1.807, 2.05) is 31.2 Å². The first-order chi connectivity index (χ1) is 9.49. The quantitative estimate of drug-likeness (QED) is 0.812. The maximum atomic E-state index is 11.9. The van der Waals surface area contributed by atoms with Crippen molar-refractivity contribution in [2.24, 2.45) is 11.7 Å². The summed E-state index contributed by atoms with van der Waals surface area (Å²) in [5.74, 6) is -0.126. The van der Waals surface area contributed by atoms with Crippen LogP contribution in [0.3, 0.4) is 0 Å². The van der Waals surface area contributed by atoms with E-state index >= 15 is 0 Å². The average Bonchev–Trinajstić information content (AvgIpc) is 2.49. The van der Waals surface area contributed by atoms with Gasteiger partial charge in [0.15, 0.2) is 0 Å². The van der Waals surface area contributed by atoms with Crippen molar-refractivity contribution in [3.63, 3.8) is 0 Å². The fourth-order valence-corrected chi connectivity index (χ4v) is 2.48. The highest BCUT2D eigenvalue weighted by Crippen LogP contribution is 2.31. The number of halogens is 1. The Balaban J connectivity index is 2.87. The van der Waals surface area contributed by atoms with Gasteiger partial charge in [-0.15, -0.1) is 0 Å². The van der Waals surface area contributed by atoms with Crippen LogP contribution in [0.15, 0.2) is 24.3 Å². The first-order valence-electron chi connectivity index (χ1n) is 7.23. The standard InChI is InChI=1S/C16H25ClN2O/c1-4-16(5-2,11-19-15(20)12(3)10-18)13-6-8-14(17)9-7-13/h6-9,12H,4-5,10-11,18H2,1-3H3,(H,19,20). The highest BCUT2D eigenvalue weighted by atomic mass is 35.5. The number of hydrogen-bond acceptors (Lipinski definition) is 2. The zero-order valence-electron chi connectivity index (χ0n) is 12.6. The van der Waals surface area contributed by atoms with E-state index in [-0.39, 0.29) is 17.2 Å². The van der Waals surface area contributed by atoms with E-state index in [2.05, 4.69) is 19.2 Å². The molecular formula is C16H25ClN2O. The molecule has 3 nitrogen and oxygen atoms in total. The van der Waals surface area contributed by atoms with Crippen LogP contribution in [0.1, 0.15) is 39.2 Å². The van der Waals surface area contributed by atoms with E-state index in [9.17, 15) is 4.79 Å². The fourth-order valence-electron chi connectivity index (χ4n) is 2.35. The molecule has 0 aliphatic rings. The van der Waals surface area contributed by atoms with Crippen LogP contribution in [0.25, 0.3) is 0 Å². The smallest absolute Gasteiger partial charge is 0.224 e. The average molecular weight is 297 g/mol. The third-order valence-electron chi connectivity index (χ3n) is 4.21. The number of nitrogens with one attached hydrogen (secondary N) is 1. The Bertz CT molecular complexity index is 427. The highest BCUT2D eigenvalue weighted by molar-refractivity contribution is 6.30. The number of carbonyl (C=O) groups excluding carboxylic acids is 1. The van der Waals surface area contributed by atoms with Gasteiger partial charge in [-0.1, -0.05) is 44.5 Å². The van der Waals surface area contributed by atoms with Crippen LogP contribution in [0.2, 0.25) is 5.02 Å². The van der Waals surface area contributed by atoms with Gasteiger partial charge in [-0.05, 0) is 30.5 Å². The third kappa shape index (κ3) is 3.97. The zero-order valence-corrected chi connectivity index (χ0v) is 13.3. The molecule has 1 aromatic carbocycles. The van der Waals surface area contributed by atoms with E-state index in [1.54, 1.807) is 0 Å². The van der Waals surface area contributed by atoms with Crippen molar-refractivity contribution in [3.8, 4) is 0 Å². The SMILES string of the molecule is CCC(CC)(CNC(=O)C(C)CN)c1ccc(Cl)cc1. The predicted molar refractivity (Wildman–Crippen MR) is 84.9 cm³/mol. The van der Waals surface area contributed by atoms with E-state index in [0.717, 1.165) is 17.9 Å². The van der Waals surface area contributed by atoms with Crippen LogP contribution in [0.5, 0.6) is 0 Å². The first-order valence-corrected chi connectivity index (χ1v) is 7.60. The van der Waals surface area contributed by atoms with Crippen molar-refractivity contribution in [3.05, 3.63) is 34.9 Å². The van der Waals surface area contributed by atoms with E-state index in [0.29, 0.717) is 13.1 Å². The molecule has 0 spiro atoms. The van der Waals surface area contributed by atoms with Crippen molar-refractivity contribution in [2.75, 3.05) is 13.1 Å². The Kier molecular flexibility index (Phi) is 6.50. The van der Waals surface area contributed by atoms with Crippen molar-refractivity contribution in [1.29, 1.82) is 0 Å². The molecule has 0 bridgehead atoms. The summed E-state index contributed by atoms with van der Waals surface area (Å²) in [5, 5.41) is 3.77. The van der Waals surface area contributed by atoms with Gasteiger partial charge < -0.3 is 11.1 Å². The summed E-state index contributed by atoms with van der Waals surface area (Å²) >= 11 is 5.95. The number of rotatable bonds is 7. The number of hydrogen-bond donors (Lipinski definition) is 2. The number of amides is 1. The predicted octanol–water partition coefficient (Wildman–Crippen LogP) is 3.11. The molecule has 1 amide bonds. The Labute approximate surface area is 126 Å². The summed E-state index contributed by atoms with van der Waals surface area (Å²) < 4.78 is 0. The summed E-state index contributed by atoms with van der Waals surface area (Å²) in [4.78, 5) is 11.9. The molecule has 0 saturated heterocycles. The monoisotopic (exact) mass is 296 g/mol. The molecule has 112 valence electrons. The van der Waals surface area contributed by atoms with Crippen molar-refractivity contribution >= 4 is 17.5 Å². The lowest BCUT2D eigenvalue weighted by Crippen LogP contribution is -2.43. The minimum absolute atomic E-state index is 0.0211. The lowest BCUT2D eigenvalue weighted by molar-refractivity contribution is -0.124. The van der Waals surface area contributed by atoms with Crippen LogP contribution in [-0.2, 0) is 10.2 Å². The maximum absolute atomic E-state index is 11.9. The number of nitrogens with two attached hydrogens (primary N) is 1. The lowest BCUT2D eigenvalue weighted by Gasteiger charge is -2.33. The van der Waals surface area contributed by atoms with Gasteiger partial charge in [0.05, 0.1) is 0 Å². The molecule has 0 fully saturated rings. The Hall–Kier alpha value is -1.06. The van der Waals surface area contributed by atoms with Gasteiger partial charge in [0.25, 0.3) is 0 Å². The lowest BCUT2D eigenvalue weighted by atomic mass is 9.75. The Morgan fingerprint density at radius 2 is 1.85 bits per heavy atom. The van der Waals surface area contributed by atoms with Gasteiger partial charge in [0, 0.05) is 29.4 Å². The van der Waals surface area contributed by atoms with E-state index in [4.69, 9.17) is 17.3 Å². The Morgan fingerprint density at radius 3 is 2.30 bits per heavy atom. The molecule has 4 heteroatoms. The van der Waals surface area contributed by atoms with Gasteiger partial charge in [0.1, 0.15) is 0 Å². The molecule has 1 aromatic rings. The normalized spacial score (nSPS) is 13.1. The van der Waals surface area contributed by atoms with E-state index in [1.165, 1.54) is 5.56 Å². The third-order valence-corrected chi connectivity index (χ3v) is 4.46. The van der Waals surface area contributed by atoms with Gasteiger partial charge >= 0.3 is 0 Å². The molecule has 0 aliphatic heterocycles. The number of benzene rings is 1. The van der Waals surface area contributed by atoms with Crippen LogP contribution >= 0.6 is 11.6 Å². The second-order valence-corrected chi connectivity index (χ2v) is 5.79. The first kappa shape index (κ1) is 17.0. The van der Waals surface area contributed by atoms with Gasteiger partial charge in [-0.25, -0.2) is 0 Å². The molecular weight excluding hydrogens is 272 g/mol. The van der Waals surface area contributed by atoms with E-state index < -0.39 is 0 Å². The topological polar surface area (TPSA) is 55.1 Å².